The van der Waals surface area contributed by atoms with Crippen molar-refractivity contribution in [2.45, 2.75) is 50.5 Å². The van der Waals surface area contributed by atoms with Crippen LogP contribution >= 0.6 is 11.6 Å². The fraction of sp³-hybridized carbons (Fsp3) is 0.588. The first-order chi connectivity index (χ1) is 11.3. The lowest BCUT2D eigenvalue weighted by Gasteiger charge is -2.31. The number of rotatable bonds is 6. The predicted molar refractivity (Wildman–Crippen MR) is 95.4 cm³/mol. The zero-order valence-electron chi connectivity index (χ0n) is 14.2. The van der Waals surface area contributed by atoms with Gasteiger partial charge in [0.05, 0.1) is 10.8 Å². The number of carbonyl (C=O) groups is 1. The summed E-state index contributed by atoms with van der Waals surface area (Å²) < 4.78 is 26.9. The third kappa shape index (κ3) is 4.71. The lowest BCUT2D eigenvalue weighted by Crippen LogP contribution is -2.47. The average Bonchev–Trinajstić information content (AvgIpc) is 2.55. The van der Waals surface area contributed by atoms with Crippen molar-refractivity contribution < 1.29 is 13.2 Å². The van der Waals surface area contributed by atoms with Gasteiger partial charge in [-0.1, -0.05) is 24.9 Å². The maximum atomic E-state index is 12.7. The van der Waals surface area contributed by atoms with Gasteiger partial charge in [-0.2, -0.15) is 4.31 Å². The van der Waals surface area contributed by atoms with Gasteiger partial charge in [0.1, 0.15) is 0 Å². The molecule has 2 atom stereocenters. The zero-order chi connectivity index (χ0) is 17.7. The van der Waals surface area contributed by atoms with E-state index in [9.17, 15) is 13.2 Å². The number of nitrogens with zero attached hydrogens (tertiary/aromatic N) is 1. The van der Waals surface area contributed by atoms with Crippen LogP contribution in [0, 0.1) is 5.92 Å². The number of amides is 1. The molecular weight excluding hydrogens is 348 g/mol. The molecule has 1 aliphatic heterocycles. The fourth-order valence-corrected chi connectivity index (χ4v) is 4.65. The first-order valence-electron chi connectivity index (χ1n) is 8.40. The smallest absolute Gasteiger partial charge is 0.243 e. The molecule has 0 radical (unpaired) electrons. The monoisotopic (exact) mass is 372 g/mol. The van der Waals surface area contributed by atoms with E-state index in [0.717, 1.165) is 19.3 Å². The van der Waals surface area contributed by atoms with Gasteiger partial charge in [0.2, 0.25) is 15.9 Å². The van der Waals surface area contributed by atoms with E-state index in [0.29, 0.717) is 18.0 Å². The Labute approximate surface area is 149 Å². The van der Waals surface area contributed by atoms with Crippen molar-refractivity contribution in [1.82, 2.24) is 9.62 Å². The highest BCUT2D eigenvalue weighted by molar-refractivity contribution is 7.89. The molecule has 0 aliphatic carbocycles. The molecule has 5 nitrogen and oxygen atoms in total. The number of sulfonamides is 1. The van der Waals surface area contributed by atoms with E-state index in [-0.39, 0.29) is 29.3 Å². The van der Waals surface area contributed by atoms with Gasteiger partial charge in [-0.25, -0.2) is 8.42 Å². The standard InChI is InChI=1S/C17H25ClN2O3S/c1-3-5-13(2)19-17(21)14-6-4-11-20(12-14)24(22,23)16-9-7-15(18)8-10-16/h7-10,13-14H,3-6,11-12H2,1-2H3,(H,19,21)/t13-,14-/m0/s1. The van der Waals surface area contributed by atoms with Gasteiger partial charge in [-0.05, 0) is 50.5 Å². The number of nitrogens with one attached hydrogen (secondary N) is 1. The van der Waals surface area contributed by atoms with E-state index >= 15 is 0 Å². The Balaban J connectivity index is 2.07. The van der Waals surface area contributed by atoms with Crippen molar-refractivity contribution in [3.63, 3.8) is 0 Å². The van der Waals surface area contributed by atoms with E-state index < -0.39 is 10.0 Å². The average molecular weight is 373 g/mol. The Kier molecular flexibility index (Phi) is 6.66. The summed E-state index contributed by atoms with van der Waals surface area (Å²) in [7, 11) is -3.59. The van der Waals surface area contributed by atoms with Gasteiger partial charge in [0.15, 0.2) is 0 Å². The first kappa shape index (κ1) is 19.2. The van der Waals surface area contributed by atoms with Gasteiger partial charge >= 0.3 is 0 Å². The Bertz CT molecular complexity index is 661. The van der Waals surface area contributed by atoms with Gasteiger partial charge in [0, 0.05) is 24.2 Å². The third-order valence-electron chi connectivity index (χ3n) is 4.32. The molecule has 1 N–H and O–H groups in total. The summed E-state index contributed by atoms with van der Waals surface area (Å²) in [4.78, 5) is 12.6. The molecule has 1 aromatic rings. The summed E-state index contributed by atoms with van der Waals surface area (Å²) in [6, 6.07) is 6.25. The molecule has 134 valence electrons. The Hall–Kier alpha value is -1.11. The van der Waals surface area contributed by atoms with Crippen LogP contribution in [0.25, 0.3) is 0 Å². The van der Waals surface area contributed by atoms with Crippen molar-refractivity contribution in [2.24, 2.45) is 5.92 Å². The van der Waals surface area contributed by atoms with Gasteiger partial charge in [-0.3, -0.25) is 4.79 Å². The van der Waals surface area contributed by atoms with E-state index in [1.165, 1.54) is 16.4 Å². The second-order valence-electron chi connectivity index (χ2n) is 6.35. The minimum absolute atomic E-state index is 0.0491. The van der Waals surface area contributed by atoms with Crippen molar-refractivity contribution >= 4 is 27.5 Å². The topological polar surface area (TPSA) is 66.5 Å². The Morgan fingerprint density at radius 1 is 1.38 bits per heavy atom. The highest BCUT2D eigenvalue weighted by Crippen LogP contribution is 2.25. The molecule has 24 heavy (non-hydrogen) atoms. The molecule has 0 bridgehead atoms. The summed E-state index contributed by atoms with van der Waals surface area (Å²) in [5.41, 5.74) is 0. The molecule has 1 aromatic carbocycles. The summed E-state index contributed by atoms with van der Waals surface area (Å²) >= 11 is 5.82. The molecule has 1 heterocycles. The van der Waals surface area contributed by atoms with E-state index in [4.69, 9.17) is 11.6 Å². The SMILES string of the molecule is CCC[C@H](C)NC(=O)[C@H]1CCCN(S(=O)(=O)c2ccc(Cl)cc2)C1. The molecule has 0 aromatic heterocycles. The van der Waals surface area contributed by atoms with Crippen LogP contribution in [0.1, 0.15) is 39.5 Å². The highest BCUT2D eigenvalue weighted by atomic mass is 35.5. The predicted octanol–water partition coefficient (Wildman–Crippen LogP) is 3.05. The van der Waals surface area contributed by atoms with Gasteiger partial charge < -0.3 is 5.32 Å². The Morgan fingerprint density at radius 2 is 2.04 bits per heavy atom. The number of piperidine rings is 1. The molecule has 0 unspecified atom stereocenters. The lowest BCUT2D eigenvalue weighted by atomic mass is 9.98. The summed E-state index contributed by atoms with van der Waals surface area (Å²) in [6.45, 7) is 4.73. The summed E-state index contributed by atoms with van der Waals surface area (Å²) in [5, 5.41) is 3.49. The van der Waals surface area contributed by atoms with Gasteiger partial charge in [0.25, 0.3) is 0 Å². The number of halogens is 1. The molecule has 1 saturated heterocycles. The molecule has 0 spiro atoms. The van der Waals surface area contributed by atoms with Gasteiger partial charge in [-0.15, -0.1) is 0 Å². The van der Waals surface area contributed by atoms with Crippen LogP contribution in [0.4, 0.5) is 0 Å². The minimum Gasteiger partial charge on any atom is -0.353 e. The molecule has 1 amide bonds. The maximum Gasteiger partial charge on any atom is 0.243 e. The number of hydrogen-bond donors (Lipinski definition) is 1. The summed E-state index contributed by atoms with van der Waals surface area (Å²) in [5.74, 6) is -0.341. The lowest BCUT2D eigenvalue weighted by molar-refractivity contribution is -0.126. The van der Waals surface area contributed by atoms with E-state index in [2.05, 4.69) is 12.2 Å². The maximum absolute atomic E-state index is 12.7. The summed E-state index contributed by atoms with van der Waals surface area (Å²) in [6.07, 6.45) is 3.33. The van der Waals surface area contributed by atoms with Crippen LogP contribution in [0.3, 0.4) is 0 Å². The number of benzene rings is 1. The van der Waals surface area contributed by atoms with Crippen LogP contribution in [0.2, 0.25) is 5.02 Å². The number of carbonyl (C=O) groups excluding carboxylic acids is 1. The second-order valence-corrected chi connectivity index (χ2v) is 8.73. The van der Waals surface area contributed by atoms with Crippen LogP contribution in [-0.2, 0) is 14.8 Å². The molecular formula is C17H25ClN2O3S. The molecule has 7 heteroatoms. The van der Waals surface area contributed by atoms with E-state index in [1.54, 1.807) is 12.1 Å². The van der Waals surface area contributed by atoms with Crippen LogP contribution in [-0.4, -0.2) is 37.8 Å². The van der Waals surface area contributed by atoms with Crippen molar-refractivity contribution in [3.05, 3.63) is 29.3 Å². The van der Waals surface area contributed by atoms with Crippen LogP contribution in [0.15, 0.2) is 29.2 Å². The van der Waals surface area contributed by atoms with E-state index in [1.807, 2.05) is 6.92 Å². The third-order valence-corrected chi connectivity index (χ3v) is 6.45. The molecule has 1 aliphatic rings. The first-order valence-corrected chi connectivity index (χ1v) is 10.2. The van der Waals surface area contributed by atoms with Crippen molar-refractivity contribution in [1.29, 1.82) is 0 Å². The molecule has 0 saturated carbocycles. The minimum atomic E-state index is -3.59. The second kappa shape index (κ2) is 8.32. The molecule has 2 rings (SSSR count). The normalized spacial score (nSPS) is 20.5. The van der Waals surface area contributed by atoms with Crippen molar-refractivity contribution in [3.8, 4) is 0 Å². The highest BCUT2D eigenvalue weighted by Gasteiger charge is 2.33. The quantitative estimate of drug-likeness (QED) is 0.834. The van der Waals surface area contributed by atoms with Crippen LogP contribution < -0.4 is 5.32 Å². The molecule has 1 fully saturated rings. The van der Waals surface area contributed by atoms with Crippen LogP contribution in [0.5, 0.6) is 0 Å². The largest absolute Gasteiger partial charge is 0.353 e. The van der Waals surface area contributed by atoms with Crippen molar-refractivity contribution in [2.75, 3.05) is 13.1 Å². The fourth-order valence-electron chi connectivity index (χ4n) is 3.00. The zero-order valence-corrected chi connectivity index (χ0v) is 15.7. The Morgan fingerprint density at radius 3 is 2.67 bits per heavy atom. The number of hydrogen-bond acceptors (Lipinski definition) is 3.